The first kappa shape index (κ1) is 17.0. The van der Waals surface area contributed by atoms with Crippen LogP contribution in [0, 0.1) is 0 Å². The van der Waals surface area contributed by atoms with Gasteiger partial charge in [0.2, 0.25) is 0 Å². The molecule has 26 heavy (non-hydrogen) atoms. The molecule has 1 aromatic heterocycles. The molecule has 4 rings (SSSR count). The lowest BCUT2D eigenvalue weighted by atomic mass is 10.1. The van der Waals surface area contributed by atoms with Gasteiger partial charge < -0.3 is 20.8 Å². The fourth-order valence-corrected chi connectivity index (χ4v) is 3.36. The maximum absolute atomic E-state index is 12.3. The number of hydrogen-bond acceptors (Lipinski definition) is 4. The van der Waals surface area contributed by atoms with E-state index in [-0.39, 0.29) is 12.0 Å². The molecule has 134 valence electrons. The van der Waals surface area contributed by atoms with Crippen LogP contribution in [0.5, 0.6) is 0 Å². The molecule has 1 saturated heterocycles. The molecule has 0 radical (unpaired) electrons. The van der Waals surface area contributed by atoms with Crippen molar-refractivity contribution in [3.05, 3.63) is 47.5 Å². The molecule has 0 saturated carbocycles. The number of nitrogens with one attached hydrogen (secondary N) is 2. The first-order chi connectivity index (χ1) is 12.6. The number of aromatic nitrogens is 2. The third-order valence-electron chi connectivity index (χ3n) is 4.55. The summed E-state index contributed by atoms with van der Waals surface area (Å²) in [6, 6.07) is 13.1. The van der Waals surface area contributed by atoms with Gasteiger partial charge in [-0.2, -0.15) is 0 Å². The number of aromatic amines is 1. The van der Waals surface area contributed by atoms with E-state index >= 15 is 0 Å². The number of nitrogens with zero attached hydrogens (tertiary/aromatic N) is 1. The second-order valence-electron chi connectivity index (χ2n) is 6.35. The zero-order valence-corrected chi connectivity index (χ0v) is 14.8. The number of halogens is 1. The van der Waals surface area contributed by atoms with Crippen molar-refractivity contribution >= 4 is 34.2 Å². The maximum Gasteiger partial charge on any atom is 0.253 e. The first-order valence-electron chi connectivity index (χ1n) is 8.55. The monoisotopic (exact) mass is 370 g/mol. The Bertz CT molecular complexity index is 938. The van der Waals surface area contributed by atoms with E-state index in [0.717, 1.165) is 28.8 Å². The molecule has 1 aliphatic heterocycles. The standard InChI is InChI=1S/C19H19ClN4O2/c20-14-2-1-3-15-17(14)24-18(23-15)11-4-6-12(7-5-11)22-19(25)16-9-8-13(10-21)26-16/h1-7,13,16H,8-10,21H2,(H,22,25)(H,23,24)/t13-,16+/m1/s1. The van der Waals surface area contributed by atoms with Crippen LogP contribution in [0.15, 0.2) is 42.5 Å². The van der Waals surface area contributed by atoms with Crippen molar-refractivity contribution in [3.8, 4) is 11.4 Å². The van der Waals surface area contributed by atoms with Crippen LogP contribution in [0.3, 0.4) is 0 Å². The molecule has 7 heteroatoms. The summed E-state index contributed by atoms with van der Waals surface area (Å²) in [5.41, 5.74) is 8.84. The van der Waals surface area contributed by atoms with Gasteiger partial charge in [0.1, 0.15) is 17.4 Å². The van der Waals surface area contributed by atoms with E-state index in [1.807, 2.05) is 42.5 Å². The average Bonchev–Trinajstić information content (AvgIpc) is 3.30. The lowest BCUT2D eigenvalue weighted by Gasteiger charge is -2.12. The predicted molar refractivity (Wildman–Crippen MR) is 102 cm³/mol. The molecular formula is C19H19ClN4O2. The van der Waals surface area contributed by atoms with Gasteiger partial charge in [-0.25, -0.2) is 4.98 Å². The highest BCUT2D eigenvalue weighted by molar-refractivity contribution is 6.35. The van der Waals surface area contributed by atoms with Gasteiger partial charge in [-0.3, -0.25) is 4.79 Å². The first-order valence-corrected chi connectivity index (χ1v) is 8.93. The quantitative estimate of drug-likeness (QED) is 0.656. The number of ether oxygens (including phenoxy) is 1. The second-order valence-corrected chi connectivity index (χ2v) is 6.76. The molecule has 2 heterocycles. The molecule has 0 unspecified atom stereocenters. The minimum Gasteiger partial charge on any atom is -0.364 e. The van der Waals surface area contributed by atoms with Crippen molar-refractivity contribution in [3.63, 3.8) is 0 Å². The highest BCUT2D eigenvalue weighted by Gasteiger charge is 2.29. The number of carbonyl (C=O) groups excluding carboxylic acids is 1. The minimum absolute atomic E-state index is 0.0203. The van der Waals surface area contributed by atoms with Crippen molar-refractivity contribution in [1.29, 1.82) is 0 Å². The van der Waals surface area contributed by atoms with Crippen molar-refractivity contribution in [2.75, 3.05) is 11.9 Å². The minimum atomic E-state index is -0.430. The number of benzene rings is 2. The van der Waals surface area contributed by atoms with Gasteiger partial charge in [-0.1, -0.05) is 17.7 Å². The number of amides is 1. The molecular weight excluding hydrogens is 352 g/mol. The van der Waals surface area contributed by atoms with Crippen molar-refractivity contribution < 1.29 is 9.53 Å². The normalized spacial score (nSPS) is 19.8. The average molecular weight is 371 g/mol. The zero-order chi connectivity index (χ0) is 18.1. The van der Waals surface area contributed by atoms with Gasteiger partial charge in [0.05, 0.1) is 16.6 Å². The molecule has 2 atom stereocenters. The Morgan fingerprint density at radius 2 is 2.08 bits per heavy atom. The van der Waals surface area contributed by atoms with E-state index in [1.165, 1.54) is 0 Å². The number of hydrogen-bond donors (Lipinski definition) is 3. The van der Waals surface area contributed by atoms with Crippen LogP contribution < -0.4 is 11.1 Å². The lowest BCUT2D eigenvalue weighted by Crippen LogP contribution is -2.29. The van der Waals surface area contributed by atoms with Crippen molar-refractivity contribution in [2.24, 2.45) is 5.73 Å². The van der Waals surface area contributed by atoms with Gasteiger partial charge >= 0.3 is 0 Å². The molecule has 4 N–H and O–H groups in total. The molecule has 0 bridgehead atoms. The highest BCUT2D eigenvalue weighted by atomic mass is 35.5. The maximum atomic E-state index is 12.3. The number of fused-ring (bicyclic) bond motifs is 1. The van der Waals surface area contributed by atoms with Crippen molar-refractivity contribution in [2.45, 2.75) is 25.0 Å². The second kappa shape index (κ2) is 7.07. The Hall–Kier alpha value is -2.41. The van der Waals surface area contributed by atoms with E-state index in [9.17, 15) is 4.79 Å². The summed E-state index contributed by atoms with van der Waals surface area (Å²) in [6.45, 7) is 0.444. The number of anilines is 1. The van der Waals surface area contributed by atoms with E-state index < -0.39 is 6.10 Å². The van der Waals surface area contributed by atoms with E-state index in [2.05, 4.69) is 15.3 Å². The summed E-state index contributed by atoms with van der Waals surface area (Å²) in [6.07, 6.45) is 1.07. The molecule has 0 spiro atoms. The topological polar surface area (TPSA) is 93.0 Å². The van der Waals surface area contributed by atoms with Crippen LogP contribution in [-0.2, 0) is 9.53 Å². The van der Waals surface area contributed by atoms with E-state index in [0.29, 0.717) is 23.7 Å². The van der Waals surface area contributed by atoms with Gasteiger partial charge in [-0.05, 0) is 49.2 Å². The van der Waals surface area contributed by atoms with E-state index in [1.54, 1.807) is 0 Å². The van der Waals surface area contributed by atoms with Crippen LogP contribution in [0.4, 0.5) is 5.69 Å². The highest BCUT2D eigenvalue weighted by Crippen LogP contribution is 2.26. The Labute approximate surface area is 155 Å². The Morgan fingerprint density at radius 3 is 2.77 bits per heavy atom. The summed E-state index contributed by atoms with van der Waals surface area (Å²) < 4.78 is 5.62. The Balaban J connectivity index is 1.48. The number of nitrogens with two attached hydrogens (primary N) is 1. The predicted octanol–water partition coefficient (Wildman–Crippen LogP) is 3.33. The fraction of sp³-hybridized carbons (Fsp3) is 0.263. The number of imidazole rings is 1. The van der Waals surface area contributed by atoms with Gasteiger partial charge in [0.25, 0.3) is 5.91 Å². The molecule has 1 fully saturated rings. The summed E-state index contributed by atoms with van der Waals surface area (Å²) in [7, 11) is 0. The van der Waals surface area contributed by atoms with Crippen LogP contribution in [-0.4, -0.2) is 34.6 Å². The largest absolute Gasteiger partial charge is 0.364 e. The SMILES string of the molecule is NC[C@H]1CC[C@@H](C(=O)Nc2ccc(-c3nc4c(Cl)cccc4[nH]3)cc2)O1. The third kappa shape index (κ3) is 3.31. The van der Waals surface area contributed by atoms with Crippen LogP contribution in [0.2, 0.25) is 5.02 Å². The van der Waals surface area contributed by atoms with Gasteiger partial charge in [0.15, 0.2) is 0 Å². The van der Waals surface area contributed by atoms with Gasteiger partial charge in [-0.15, -0.1) is 0 Å². The molecule has 1 amide bonds. The Kier molecular flexibility index (Phi) is 4.63. The Morgan fingerprint density at radius 1 is 1.27 bits per heavy atom. The molecule has 0 aliphatic carbocycles. The number of H-pyrrole nitrogens is 1. The van der Waals surface area contributed by atoms with Gasteiger partial charge in [0, 0.05) is 17.8 Å². The van der Waals surface area contributed by atoms with Crippen molar-refractivity contribution in [1.82, 2.24) is 9.97 Å². The summed E-state index contributed by atoms with van der Waals surface area (Å²) in [5, 5.41) is 3.50. The van der Waals surface area contributed by atoms with Crippen LogP contribution in [0.25, 0.3) is 22.4 Å². The summed E-state index contributed by atoms with van der Waals surface area (Å²) in [4.78, 5) is 20.1. The number of carbonyl (C=O) groups is 1. The fourth-order valence-electron chi connectivity index (χ4n) is 3.14. The molecule has 1 aliphatic rings. The lowest BCUT2D eigenvalue weighted by molar-refractivity contribution is -0.126. The number of rotatable bonds is 4. The number of para-hydroxylation sites is 1. The molecule has 3 aromatic rings. The third-order valence-corrected chi connectivity index (χ3v) is 4.86. The van der Waals surface area contributed by atoms with Crippen LogP contribution >= 0.6 is 11.6 Å². The summed E-state index contributed by atoms with van der Waals surface area (Å²) >= 11 is 6.17. The molecule has 2 aromatic carbocycles. The smallest absolute Gasteiger partial charge is 0.253 e. The summed E-state index contributed by atoms with van der Waals surface area (Å²) in [5.74, 6) is 0.597. The van der Waals surface area contributed by atoms with Crippen LogP contribution in [0.1, 0.15) is 12.8 Å². The van der Waals surface area contributed by atoms with E-state index in [4.69, 9.17) is 22.1 Å². The molecule has 6 nitrogen and oxygen atoms in total. The zero-order valence-electron chi connectivity index (χ0n) is 14.0.